The number of carbonyl (C=O) groups is 1. The summed E-state index contributed by atoms with van der Waals surface area (Å²) in [6, 6.07) is 0. The van der Waals surface area contributed by atoms with Crippen molar-refractivity contribution in [2.24, 2.45) is 11.8 Å². The van der Waals surface area contributed by atoms with Crippen LogP contribution in [0.4, 0.5) is 0 Å². The standard InChI is InChI=1S/C11H25N2O/c1-9(2)7-11(10(3)14)8-12-13(4,5)6/h9,11-12H,7-8H2,1-6H3/q+1. The van der Waals surface area contributed by atoms with E-state index < -0.39 is 0 Å². The van der Waals surface area contributed by atoms with Gasteiger partial charge < -0.3 is 0 Å². The van der Waals surface area contributed by atoms with Crippen LogP contribution >= 0.6 is 0 Å². The van der Waals surface area contributed by atoms with Gasteiger partial charge in [-0.1, -0.05) is 13.8 Å². The number of nitrogens with zero attached hydrogens (tertiary/aromatic N) is 1. The Kier molecular flexibility index (Phi) is 5.31. The third kappa shape index (κ3) is 7.04. The summed E-state index contributed by atoms with van der Waals surface area (Å²) in [6.45, 7) is 6.77. The van der Waals surface area contributed by atoms with Crippen molar-refractivity contribution in [3.05, 3.63) is 0 Å². The Bertz CT molecular complexity index is 182. The van der Waals surface area contributed by atoms with E-state index in [0.717, 1.165) is 13.0 Å². The first-order chi connectivity index (χ1) is 6.22. The third-order valence-corrected chi connectivity index (χ3v) is 2.14. The van der Waals surface area contributed by atoms with E-state index in [4.69, 9.17) is 0 Å². The molecule has 3 nitrogen and oxygen atoms in total. The molecule has 0 aliphatic rings. The summed E-state index contributed by atoms with van der Waals surface area (Å²) in [5.41, 5.74) is 3.33. The molecule has 0 bridgehead atoms. The molecule has 0 saturated carbocycles. The minimum absolute atomic E-state index is 0.160. The van der Waals surface area contributed by atoms with Gasteiger partial charge >= 0.3 is 0 Å². The Morgan fingerprint density at radius 2 is 1.79 bits per heavy atom. The molecular weight excluding hydrogens is 176 g/mol. The number of hydrogen-bond donors (Lipinski definition) is 1. The molecule has 0 aromatic heterocycles. The maximum atomic E-state index is 11.3. The van der Waals surface area contributed by atoms with Gasteiger partial charge in [0.05, 0.1) is 27.7 Å². The molecule has 0 aromatic rings. The summed E-state index contributed by atoms with van der Waals surface area (Å²) < 4.78 is 0.696. The molecular formula is C11H25N2O+. The van der Waals surface area contributed by atoms with Crippen molar-refractivity contribution in [1.29, 1.82) is 0 Å². The van der Waals surface area contributed by atoms with Gasteiger partial charge in [-0.25, -0.2) is 0 Å². The van der Waals surface area contributed by atoms with E-state index in [1.54, 1.807) is 6.92 Å². The summed E-state index contributed by atoms with van der Waals surface area (Å²) in [4.78, 5) is 11.3. The van der Waals surface area contributed by atoms with Gasteiger partial charge in [0, 0.05) is 5.92 Å². The normalized spacial score (nSPS) is 14.5. The van der Waals surface area contributed by atoms with Crippen LogP contribution < -0.4 is 5.43 Å². The van der Waals surface area contributed by atoms with E-state index in [1.807, 2.05) is 0 Å². The summed E-state index contributed by atoms with van der Waals surface area (Å²) in [7, 11) is 6.19. The van der Waals surface area contributed by atoms with Gasteiger partial charge in [0.1, 0.15) is 5.78 Å². The molecule has 3 heteroatoms. The van der Waals surface area contributed by atoms with Crippen LogP contribution in [-0.4, -0.2) is 38.1 Å². The fraction of sp³-hybridized carbons (Fsp3) is 0.909. The van der Waals surface area contributed by atoms with Crippen molar-refractivity contribution in [1.82, 2.24) is 5.43 Å². The second kappa shape index (κ2) is 5.47. The average molecular weight is 201 g/mol. The fourth-order valence-electron chi connectivity index (χ4n) is 1.35. The number of carbonyl (C=O) groups excluding carboxylic acids is 1. The van der Waals surface area contributed by atoms with E-state index in [1.165, 1.54) is 0 Å². The van der Waals surface area contributed by atoms with Crippen molar-refractivity contribution < 1.29 is 9.39 Å². The molecule has 0 heterocycles. The Balaban J connectivity index is 4.05. The highest BCUT2D eigenvalue weighted by Crippen LogP contribution is 2.12. The number of nitrogens with one attached hydrogen (secondary N) is 1. The van der Waals surface area contributed by atoms with Crippen molar-refractivity contribution in [3.63, 3.8) is 0 Å². The van der Waals surface area contributed by atoms with Gasteiger partial charge in [-0.15, -0.1) is 0 Å². The van der Waals surface area contributed by atoms with Crippen LogP contribution in [0.1, 0.15) is 27.2 Å². The first-order valence-corrected chi connectivity index (χ1v) is 5.29. The van der Waals surface area contributed by atoms with Crippen LogP contribution in [0, 0.1) is 11.8 Å². The number of ketones is 1. The lowest BCUT2D eigenvalue weighted by Crippen LogP contribution is -2.50. The predicted molar refractivity (Wildman–Crippen MR) is 59.7 cm³/mol. The van der Waals surface area contributed by atoms with Crippen LogP contribution in [0.15, 0.2) is 0 Å². The van der Waals surface area contributed by atoms with Gasteiger partial charge in [-0.2, -0.15) is 5.43 Å². The lowest BCUT2D eigenvalue weighted by Gasteiger charge is -2.26. The highest BCUT2D eigenvalue weighted by molar-refractivity contribution is 5.78. The van der Waals surface area contributed by atoms with Crippen molar-refractivity contribution >= 4 is 5.78 Å². The molecule has 1 N–H and O–H groups in total. The number of rotatable bonds is 6. The molecule has 0 aromatic carbocycles. The zero-order valence-corrected chi connectivity index (χ0v) is 10.4. The van der Waals surface area contributed by atoms with Crippen LogP contribution in [0.25, 0.3) is 0 Å². The molecule has 14 heavy (non-hydrogen) atoms. The van der Waals surface area contributed by atoms with Gasteiger partial charge in [0.2, 0.25) is 0 Å². The van der Waals surface area contributed by atoms with Crippen molar-refractivity contribution in [3.8, 4) is 0 Å². The molecule has 1 unspecified atom stereocenters. The molecule has 84 valence electrons. The molecule has 1 atom stereocenters. The van der Waals surface area contributed by atoms with E-state index in [2.05, 4.69) is 40.4 Å². The summed E-state index contributed by atoms with van der Waals surface area (Å²) in [5.74, 6) is 1.03. The Morgan fingerprint density at radius 1 is 1.29 bits per heavy atom. The van der Waals surface area contributed by atoms with Gasteiger partial charge in [-0.3, -0.25) is 9.39 Å². The van der Waals surface area contributed by atoms with Crippen LogP contribution in [0.2, 0.25) is 0 Å². The maximum Gasteiger partial charge on any atom is 0.134 e. The van der Waals surface area contributed by atoms with Crippen LogP contribution in [0.5, 0.6) is 0 Å². The average Bonchev–Trinajstić information content (AvgIpc) is 1.94. The van der Waals surface area contributed by atoms with Crippen molar-refractivity contribution in [2.45, 2.75) is 27.2 Å². The van der Waals surface area contributed by atoms with E-state index in [-0.39, 0.29) is 5.92 Å². The highest BCUT2D eigenvalue weighted by atomic mass is 16.1. The second-order valence-electron chi connectivity index (χ2n) is 5.31. The van der Waals surface area contributed by atoms with Gasteiger partial charge in [0.25, 0.3) is 0 Å². The number of hydrogen-bond acceptors (Lipinski definition) is 2. The largest absolute Gasteiger partial charge is 0.300 e. The second-order valence-corrected chi connectivity index (χ2v) is 5.31. The van der Waals surface area contributed by atoms with Crippen molar-refractivity contribution in [2.75, 3.05) is 27.7 Å². The van der Waals surface area contributed by atoms with Crippen LogP contribution in [0.3, 0.4) is 0 Å². The third-order valence-electron chi connectivity index (χ3n) is 2.14. The first-order valence-electron chi connectivity index (χ1n) is 5.29. The zero-order chi connectivity index (χ0) is 11.4. The fourth-order valence-corrected chi connectivity index (χ4v) is 1.35. The van der Waals surface area contributed by atoms with Gasteiger partial charge in [-0.05, 0) is 19.3 Å². The SMILES string of the molecule is CC(=O)C(CN[N+](C)(C)C)CC(C)C. The summed E-state index contributed by atoms with van der Waals surface area (Å²) in [5, 5.41) is 0. The van der Waals surface area contributed by atoms with E-state index in [0.29, 0.717) is 16.3 Å². The summed E-state index contributed by atoms with van der Waals surface area (Å²) in [6.07, 6.45) is 0.975. The zero-order valence-electron chi connectivity index (χ0n) is 10.4. The molecule has 0 radical (unpaired) electrons. The molecule has 0 spiro atoms. The Hall–Kier alpha value is -0.410. The van der Waals surface area contributed by atoms with Crippen LogP contribution in [-0.2, 0) is 4.79 Å². The van der Waals surface area contributed by atoms with E-state index in [9.17, 15) is 4.79 Å². The number of Topliss-reactive ketones (excluding diaryl/α,β-unsaturated/α-hetero) is 1. The maximum absolute atomic E-state index is 11.3. The topological polar surface area (TPSA) is 29.1 Å². The number of quaternary nitrogens is 1. The molecule has 0 aliphatic carbocycles. The molecule has 0 aliphatic heterocycles. The predicted octanol–water partition coefficient (Wildman–Crippen LogP) is 1.45. The lowest BCUT2D eigenvalue weighted by molar-refractivity contribution is -0.915. The monoisotopic (exact) mass is 201 g/mol. The lowest BCUT2D eigenvalue weighted by atomic mass is 9.94. The molecule has 0 saturated heterocycles. The highest BCUT2D eigenvalue weighted by Gasteiger charge is 2.18. The summed E-state index contributed by atoms with van der Waals surface area (Å²) >= 11 is 0. The quantitative estimate of drug-likeness (QED) is 0.520. The molecule has 0 amide bonds. The minimum Gasteiger partial charge on any atom is -0.300 e. The first kappa shape index (κ1) is 13.6. The van der Waals surface area contributed by atoms with Gasteiger partial charge in [0.15, 0.2) is 0 Å². The minimum atomic E-state index is 0.160. The Labute approximate surface area is 88.0 Å². The molecule has 0 rings (SSSR count). The molecule has 0 fully saturated rings. The van der Waals surface area contributed by atoms with E-state index >= 15 is 0 Å². The Morgan fingerprint density at radius 3 is 2.07 bits per heavy atom. The smallest absolute Gasteiger partial charge is 0.134 e.